The number of rotatable bonds is 7. The first-order valence-corrected chi connectivity index (χ1v) is 8.87. The maximum absolute atomic E-state index is 12.1. The number of thiazole rings is 1. The van der Waals surface area contributed by atoms with Crippen LogP contribution in [0.25, 0.3) is 10.6 Å². The van der Waals surface area contributed by atoms with Crippen LogP contribution >= 0.6 is 11.3 Å². The van der Waals surface area contributed by atoms with Crippen molar-refractivity contribution in [2.75, 3.05) is 13.7 Å². The predicted octanol–water partition coefficient (Wildman–Crippen LogP) is 3.99. The van der Waals surface area contributed by atoms with Gasteiger partial charge in [0, 0.05) is 17.5 Å². The van der Waals surface area contributed by atoms with Crippen LogP contribution in [0, 0.1) is 5.92 Å². The minimum Gasteiger partial charge on any atom is -0.493 e. The molecule has 0 spiro atoms. The molecule has 1 N–H and O–H groups in total. The number of hydrogen-bond donors (Lipinski definition) is 1. The summed E-state index contributed by atoms with van der Waals surface area (Å²) in [6.45, 7) is 8.69. The van der Waals surface area contributed by atoms with Crippen LogP contribution in [0.5, 0.6) is 11.5 Å². The fourth-order valence-corrected chi connectivity index (χ4v) is 2.85. The molecule has 6 heteroatoms. The molecule has 1 heterocycles. The zero-order valence-electron chi connectivity index (χ0n) is 14.8. The van der Waals surface area contributed by atoms with E-state index in [2.05, 4.69) is 24.1 Å². The lowest BCUT2D eigenvalue weighted by atomic mass is 10.2. The molecule has 1 aromatic carbocycles. The number of hydrogen-bond acceptors (Lipinski definition) is 5. The number of nitrogens with zero attached hydrogens (tertiary/aromatic N) is 1. The second-order valence-corrected chi connectivity index (χ2v) is 7.03. The minimum absolute atomic E-state index is 0.0702. The average Bonchev–Trinajstić information content (AvgIpc) is 3.02. The number of methoxy groups -OCH3 is 1. The normalized spacial score (nSPS) is 11.0. The van der Waals surface area contributed by atoms with Crippen LogP contribution in [0.3, 0.4) is 0 Å². The SMILES string of the molecule is COc1cc(-c2nc(C(=O)NCC(C)C)cs2)ccc1OC(C)C. The highest BCUT2D eigenvalue weighted by molar-refractivity contribution is 7.13. The molecule has 0 fully saturated rings. The molecule has 5 nitrogen and oxygen atoms in total. The van der Waals surface area contributed by atoms with Crippen LogP contribution in [-0.4, -0.2) is 30.6 Å². The van der Waals surface area contributed by atoms with Gasteiger partial charge >= 0.3 is 0 Å². The number of amides is 1. The molecular weight excluding hydrogens is 324 g/mol. The third-order valence-corrected chi connectivity index (χ3v) is 4.07. The average molecular weight is 348 g/mol. The van der Waals surface area contributed by atoms with Gasteiger partial charge in [-0.2, -0.15) is 0 Å². The lowest BCUT2D eigenvalue weighted by Gasteiger charge is -2.14. The number of carbonyl (C=O) groups excluding carboxylic acids is 1. The van der Waals surface area contributed by atoms with E-state index in [9.17, 15) is 4.79 Å². The summed E-state index contributed by atoms with van der Waals surface area (Å²) >= 11 is 1.44. The smallest absolute Gasteiger partial charge is 0.270 e. The second kappa shape index (κ2) is 8.15. The third kappa shape index (κ3) is 4.71. The van der Waals surface area contributed by atoms with Gasteiger partial charge in [-0.3, -0.25) is 4.79 Å². The summed E-state index contributed by atoms with van der Waals surface area (Å²) in [5.74, 6) is 1.62. The van der Waals surface area contributed by atoms with E-state index in [4.69, 9.17) is 9.47 Å². The van der Waals surface area contributed by atoms with E-state index < -0.39 is 0 Å². The van der Waals surface area contributed by atoms with Crippen molar-refractivity contribution >= 4 is 17.2 Å². The number of carbonyl (C=O) groups is 1. The first-order valence-electron chi connectivity index (χ1n) is 7.99. The van der Waals surface area contributed by atoms with E-state index >= 15 is 0 Å². The fourth-order valence-electron chi connectivity index (χ4n) is 2.05. The van der Waals surface area contributed by atoms with Gasteiger partial charge in [-0.05, 0) is 38.0 Å². The molecular formula is C18H24N2O3S. The van der Waals surface area contributed by atoms with Crippen LogP contribution in [0.4, 0.5) is 0 Å². The first kappa shape index (κ1) is 18.3. The highest BCUT2D eigenvalue weighted by Gasteiger charge is 2.14. The lowest BCUT2D eigenvalue weighted by Crippen LogP contribution is -2.27. The van der Waals surface area contributed by atoms with Gasteiger partial charge in [0.2, 0.25) is 0 Å². The van der Waals surface area contributed by atoms with E-state index in [1.54, 1.807) is 12.5 Å². The van der Waals surface area contributed by atoms with Crippen molar-refractivity contribution in [3.63, 3.8) is 0 Å². The Kier molecular flexibility index (Phi) is 6.20. The van der Waals surface area contributed by atoms with Gasteiger partial charge in [0.05, 0.1) is 13.2 Å². The maximum Gasteiger partial charge on any atom is 0.270 e. The van der Waals surface area contributed by atoms with E-state index in [0.717, 1.165) is 10.6 Å². The van der Waals surface area contributed by atoms with E-state index in [1.165, 1.54) is 11.3 Å². The highest BCUT2D eigenvalue weighted by Crippen LogP contribution is 2.34. The molecule has 0 atom stereocenters. The van der Waals surface area contributed by atoms with Gasteiger partial charge in [-0.15, -0.1) is 11.3 Å². The number of benzene rings is 1. The van der Waals surface area contributed by atoms with Crippen LogP contribution in [0.15, 0.2) is 23.6 Å². The van der Waals surface area contributed by atoms with Crippen molar-refractivity contribution in [3.8, 4) is 22.1 Å². The van der Waals surface area contributed by atoms with Crippen LogP contribution in [0.1, 0.15) is 38.2 Å². The quantitative estimate of drug-likeness (QED) is 0.822. The summed E-state index contributed by atoms with van der Waals surface area (Å²) in [5.41, 5.74) is 1.34. The van der Waals surface area contributed by atoms with E-state index in [0.29, 0.717) is 29.7 Å². The first-order chi connectivity index (χ1) is 11.4. The van der Waals surface area contributed by atoms with Gasteiger partial charge in [-0.25, -0.2) is 4.98 Å². The van der Waals surface area contributed by atoms with Crippen molar-refractivity contribution in [2.45, 2.75) is 33.8 Å². The number of ether oxygens (including phenoxy) is 2. The highest BCUT2D eigenvalue weighted by atomic mass is 32.1. The molecule has 0 aliphatic rings. The lowest BCUT2D eigenvalue weighted by molar-refractivity contribution is 0.0945. The molecule has 0 radical (unpaired) electrons. The fraction of sp³-hybridized carbons (Fsp3) is 0.444. The molecule has 1 amide bonds. The van der Waals surface area contributed by atoms with Crippen LogP contribution in [0.2, 0.25) is 0 Å². The Morgan fingerprint density at radius 1 is 1.25 bits per heavy atom. The Morgan fingerprint density at radius 3 is 2.62 bits per heavy atom. The van der Waals surface area contributed by atoms with Gasteiger partial charge in [0.25, 0.3) is 5.91 Å². The summed E-state index contributed by atoms with van der Waals surface area (Å²) in [6, 6.07) is 5.68. The summed E-state index contributed by atoms with van der Waals surface area (Å²) in [7, 11) is 1.61. The van der Waals surface area contributed by atoms with Crippen molar-refractivity contribution < 1.29 is 14.3 Å². The van der Waals surface area contributed by atoms with Gasteiger partial charge in [0.15, 0.2) is 11.5 Å². The van der Waals surface area contributed by atoms with Gasteiger partial charge in [0.1, 0.15) is 10.7 Å². The van der Waals surface area contributed by atoms with Gasteiger partial charge in [-0.1, -0.05) is 13.8 Å². The zero-order valence-corrected chi connectivity index (χ0v) is 15.6. The molecule has 1 aromatic heterocycles. The summed E-state index contributed by atoms with van der Waals surface area (Å²) in [5, 5.41) is 5.43. The topological polar surface area (TPSA) is 60.5 Å². The Bertz CT molecular complexity index is 695. The molecule has 0 aliphatic heterocycles. The summed E-state index contributed by atoms with van der Waals surface area (Å²) < 4.78 is 11.1. The molecule has 2 aromatic rings. The van der Waals surface area contributed by atoms with E-state index in [-0.39, 0.29) is 12.0 Å². The molecule has 130 valence electrons. The van der Waals surface area contributed by atoms with Crippen molar-refractivity contribution in [1.29, 1.82) is 0 Å². The molecule has 0 saturated carbocycles. The minimum atomic E-state index is -0.141. The summed E-state index contributed by atoms with van der Waals surface area (Å²) in [6.07, 6.45) is 0.0702. The largest absolute Gasteiger partial charge is 0.493 e. The molecule has 2 rings (SSSR count). The third-order valence-electron chi connectivity index (χ3n) is 3.18. The second-order valence-electron chi connectivity index (χ2n) is 6.17. The Morgan fingerprint density at radius 2 is 2.00 bits per heavy atom. The Labute approximate surface area is 147 Å². The van der Waals surface area contributed by atoms with Crippen molar-refractivity contribution in [1.82, 2.24) is 10.3 Å². The molecule has 0 unspecified atom stereocenters. The maximum atomic E-state index is 12.1. The monoisotopic (exact) mass is 348 g/mol. The van der Waals surface area contributed by atoms with Crippen LogP contribution in [-0.2, 0) is 0 Å². The summed E-state index contributed by atoms with van der Waals surface area (Å²) in [4.78, 5) is 16.5. The predicted molar refractivity (Wildman–Crippen MR) is 97.0 cm³/mol. The molecule has 24 heavy (non-hydrogen) atoms. The zero-order chi connectivity index (χ0) is 17.7. The van der Waals surface area contributed by atoms with Gasteiger partial charge < -0.3 is 14.8 Å². The standard InChI is InChI=1S/C18H24N2O3S/c1-11(2)9-19-17(21)14-10-24-18(20-14)13-6-7-15(23-12(3)4)16(8-13)22-5/h6-8,10-12H,9H2,1-5H3,(H,19,21). The molecule has 0 aliphatic carbocycles. The Balaban J connectivity index is 2.19. The van der Waals surface area contributed by atoms with Crippen molar-refractivity contribution in [3.05, 3.63) is 29.3 Å². The van der Waals surface area contributed by atoms with Crippen LogP contribution < -0.4 is 14.8 Å². The molecule has 0 saturated heterocycles. The van der Waals surface area contributed by atoms with E-state index in [1.807, 2.05) is 32.0 Å². The number of nitrogens with one attached hydrogen (secondary N) is 1. The molecule has 0 bridgehead atoms. The number of aromatic nitrogens is 1. The van der Waals surface area contributed by atoms with Crippen molar-refractivity contribution in [2.24, 2.45) is 5.92 Å². The Hall–Kier alpha value is -2.08.